The van der Waals surface area contributed by atoms with Gasteiger partial charge in [-0.15, -0.1) is 10.2 Å². The van der Waals surface area contributed by atoms with Gasteiger partial charge >= 0.3 is 0 Å². The lowest BCUT2D eigenvalue weighted by molar-refractivity contribution is 0.0950. The van der Waals surface area contributed by atoms with Gasteiger partial charge in [-0.25, -0.2) is 0 Å². The maximum absolute atomic E-state index is 11.8. The summed E-state index contributed by atoms with van der Waals surface area (Å²) in [6.45, 7) is 0.539. The minimum Gasteiger partial charge on any atom is -0.345 e. The Morgan fingerprint density at radius 3 is 2.79 bits per heavy atom. The predicted octanol–water partition coefficient (Wildman–Crippen LogP) is -0.560. The highest BCUT2D eigenvalue weighted by Crippen LogP contribution is 2.03. The quantitative estimate of drug-likeness (QED) is 0.638. The summed E-state index contributed by atoms with van der Waals surface area (Å²) in [4.78, 5) is 11.8. The molecule has 1 heterocycles. The molecule has 0 spiro atoms. The van der Waals surface area contributed by atoms with E-state index in [1.807, 2.05) is 0 Å². The Bertz CT molecular complexity index is 593. The maximum Gasteiger partial charge on any atom is 0.251 e. The zero-order valence-electron chi connectivity index (χ0n) is 10.1. The lowest BCUT2D eigenvalue weighted by atomic mass is 10.1. The first kappa shape index (κ1) is 12.7. The first-order valence-corrected chi connectivity index (χ1v) is 5.59. The minimum atomic E-state index is -0.205. The number of aromatic amines is 1. The molecule has 0 unspecified atom stereocenters. The number of hydrogen-bond acceptors (Lipinski definition) is 5. The van der Waals surface area contributed by atoms with Gasteiger partial charge in [-0.05, 0) is 24.3 Å². The number of H-pyrrole nitrogens is 1. The highest BCUT2D eigenvalue weighted by Gasteiger charge is 2.06. The fourth-order valence-electron chi connectivity index (χ4n) is 1.38. The Hall–Kier alpha value is -2.72. The highest BCUT2D eigenvalue weighted by molar-refractivity contribution is 5.94. The SMILES string of the molecule is NCC#Cc1ccc(C(=O)NCc2nn[nH]n2)cc1. The first-order chi connectivity index (χ1) is 9.29. The summed E-state index contributed by atoms with van der Waals surface area (Å²) >= 11 is 0. The predicted molar refractivity (Wildman–Crippen MR) is 67.7 cm³/mol. The molecule has 0 bridgehead atoms. The van der Waals surface area contributed by atoms with Gasteiger partial charge in [0.15, 0.2) is 5.82 Å². The van der Waals surface area contributed by atoms with Crippen LogP contribution in [0.25, 0.3) is 0 Å². The van der Waals surface area contributed by atoms with Crippen molar-refractivity contribution in [3.05, 3.63) is 41.2 Å². The summed E-state index contributed by atoms with van der Waals surface area (Å²) in [6.07, 6.45) is 0. The lowest BCUT2D eigenvalue weighted by Gasteiger charge is -2.02. The van der Waals surface area contributed by atoms with E-state index in [1.54, 1.807) is 24.3 Å². The average Bonchev–Trinajstić information content (AvgIpc) is 2.96. The zero-order chi connectivity index (χ0) is 13.5. The van der Waals surface area contributed by atoms with Crippen molar-refractivity contribution in [3.8, 4) is 11.8 Å². The zero-order valence-corrected chi connectivity index (χ0v) is 10.1. The van der Waals surface area contributed by atoms with Crippen LogP contribution >= 0.6 is 0 Å². The number of nitrogens with one attached hydrogen (secondary N) is 2. The second-order valence-electron chi connectivity index (χ2n) is 3.59. The van der Waals surface area contributed by atoms with E-state index in [2.05, 4.69) is 37.8 Å². The fraction of sp³-hybridized carbons (Fsp3) is 0.167. The van der Waals surface area contributed by atoms with Crippen LogP contribution in [0.1, 0.15) is 21.7 Å². The Balaban J connectivity index is 1.95. The smallest absolute Gasteiger partial charge is 0.251 e. The van der Waals surface area contributed by atoms with Crippen LogP contribution in [-0.4, -0.2) is 33.1 Å². The van der Waals surface area contributed by atoms with Crippen molar-refractivity contribution in [2.75, 3.05) is 6.54 Å². The summed E-state index contributed by atoms with van der Waals surface area (Å²) in [5, 5.41) is 15.9. The Morgan fingerprint density at radius 1 is 1.37 bits per heavy atom. The van der Waals surface area contributed by atoms with Gasteiger partial charge in [0.1, 0.15) is 0 Å². The van der Waals surface area contributed by atoms with Crippen molar-refractivity contribution < 1.29 is 4.79 Å². The number of hydrogen-bond donors (Lipinski definition) is 3. The Kier molecular flexibility index (Phi) is 4.21. The molecule has 0 fully saturated rings. The summed E-state index contributed by atoms with van der Waals surface area (Å²) in [7, 11) is 0. The normalized spacial score (nSPS) is 9.53. The number of carbonyl (C=O) groups excluding carboxylic acids is 1. The number of nitrogens with zero attached hydrogens (tertiary/aromatic N) is 3. The van der Waals surface area contributed by atoms with Gasteiger partial charge in [-0.1, -0.05) is 17.1 Å². The second kappa shape index (κ2) is 6.28. The molecule has 0 aliphatic heterocycles. The number of carbonyl (C=O) groups is 1. The highest BCUT2D eigenvalue weighted by atomic mass is 16.1. The standard InChI is InChI=1S/C12H12N6O/c13-7-1-2-9-3-5-10(6-4-9)12(19)14-8-11-15-17-18-16-11/h3-6H,7-8,13H2,(H,14,19)(H,15,16,17,18). The van der Waals surface area contributed by atoms with E-state index in [0.29, 0.717) is 17.9 Å². The third-order valence-electron chi connectivity index (χ3n) is 2.28. The van der Waals surface area contributed by atoms with Crippen molar-refractivity contribution in [2.24, 2.45) is 5.73 Å². The third kappa shape index (κ3) is 3.62. The molecule has 7 nitrogen and oxygen atoms in total. The summed E-state index contributed by atoms with van der Waals surface area (Å²) in [6, 6.07) is 6.94. The molecule has 2 aromatic rings. The molecule has 19 heavy (non-hydrogen) atoms. The van der Waals surface area contributed by atoms with E-state index >= 15 is 0 Å². The van der Waals surface area contributed by atoms with Gasteiger partial charge in [0, 0.05) is 11.1 Å². The summed E-state index contributed by atoms with van der Waals surface area (Å²) < 4.78 is 0. The molecule has 7 heteroatoms. The Morgan fingerprint density at radius 2 is 2.16 bits per heavy atom. The van der Waals surface area contributed by atoms with Gasteiger partial charge in [0.2, 0.25) is 0 Å². The van der Waals surface area contributed by atoms with Crippen LogP contribution in [0.4, 0.5) is 0 Å². The minimum absolute atomic E-state index is 0.205. The van der Waals surface area contributed by atoms with Crippen LogP contribution in [0.2, 0.25) is 0 Å². The molecule has 0 atom stereocenters. The number of tetrazole rings is 1. The van der Waals surface area contributed by atoms with Crippen LogP contribution in [0.15, 0.2) is 24.3 Å². The Labute approximate surface area is 109 Å². The molecule has 1 aromatic carbocycles. The van der Waals surface area contributed by atoms with Gasteiger partial charge < -0.3 is 11.1 Å². The molecule has 1 aromatic heterocycles. The van der Waals surface area contributed by atoms with Crippen LogP contribution < -0.4 is 11.1 Å². The van der Waals surface area contributed by atoms with Crippen LogP contribution in [0.5, 0.6) is 0 Å². The topological polar surface area (TPSA) is 110 Å². The average molecular weight is 256 g/mol. The monoisotopic (exact) mass is 256 g/mol. The van der Waals surface area contributed by atoms with Crippen molar-refractivity contribution >= 4 is 5.91 Å². The third-order valence-corrected chi connectivity index (χ3v) is 2.28. The van der Waals surface area contributed by atoms with E-state index < -0.39 is 0 Å². The molecule has 0 saturated heterocycles. The van der Waals surface area contributed by atoms with Crippen molar-refractivity contribution in [2.45, 2.75) is 6.54 Å². The maximum atomic E-state index is 11.8. The van der Waals surface area contributed by atoms with E-state index in [4.69, 9.17) is 5.73 Å². The number of nitrogens with two attached hydrogens (primary N) is 1. The van der Waals surface area contributed by atoms with Crippen LogP contribution in [0, 0.1) is 11.8 Å². The van der Waals surface area contributed by atoms with Crippen molar-refractivity contribution in [3.63, 3.8) is 0 Å². The van der Waals surface area contributed by atoms with E-state index in [0.717, 1.165) is 5.56 Å². The molecule has 0 radical (unpaired) electrons. The molecule has 1 amide bonds. The number of rotatable bonds is 3. The van der Waals surface area contributed by atoms with E-state index in [9.17, 15) is 4.79 Å². The summed E-state index contributed by atoms with van der Waals surface area (Å²) in [5.41, 5.74) is 6.65. The molecule has 4 N–H and O–H groups in total. The number of benzene rings is 1. The van der Waals surface area contributed by atoms with Gasteiger partial charge in [0.05, 0.1) is 13.1 Å². The molecule has 96 valence electrons. The van der Waals surface area contributed by atoms with Gasteiger partial charge in [0.25, 0.3) is 5.91 Å². The van der Waals surface area contributed by atoms with Crippen LogP contribution in [-0.2, 0) is 6.54 Å². The fourth-order valence-corrected chi connectivity index (χ4v) is 1.38. The number of amides is 1. The molecular formula is C12H12N6O. The summed E-state index contributed by atoms with van der Waals surface area (Å²) in [5.74, 6) is 5.86. The molecule has 0 saturated carbocycles. The van der Waals surface area contributed by atoms with E-state index in [1.165, 1.54) is 0 Å². The lowest BCUT2D eigenvalue weighted by Crippen LogP contribution is -2.23. The molecule has 0 aliphatic carbocycles. The van der Waals surface area contributed by atoms with E-state index in [-0.39, 0.29) is 12.5 Å². The molecular weight excluding hydrogens is 244 g/mol. The molecule has 2 rings (SSSR count). The largest absolute Gasteiger partial charge is 0.345 e. The first-order valence-electron chi connectivity index (χ1n) is 5.59. The molecule has 0 aliphatic rings. The second-order valence-corrected chi connectivity index (χ2v) is 3.59. The van der Waals surface area contributed by atoms with Crippen LogP contribution in [0.3, 0.4) is 0 Å². The number of aromatic nitrogens is 4. The van der Waals surface area contributed by atoms with Crippen molar-refractivity contribution in [1.82, 2.24) is 25.9 Å². The van der Waals surface area contributed by atoms with Gasteiger partial charge in [-0.2, -0.15) is 5.21 Å². The van der Waals surface area contributed by atoms with Crippen molar-refractivity contribution in [1.29, 1.82) is 0 Å². The van der Waals surface area contributed by atoms with Gasteiger partial charge in [-0.3, -0.25) is 4.79 Å².